The Bertz CT molecular complexity index is 1100. The zero-order valence-electron chi connectivity index (χ0n) is 17.4. The van der Waals surface area contributed by atoms with Gasteiger partial charge in [0.2, 0.25) is 5.91 Å². The molecular formula is C22H24N4O5. The fourth-order valence-electron chi connectivity index (χ4n) is 3.36. The largest absolute Gasteiger partial charge is 0.491 e. The molecule has 0 aliphatic carbocycles. The van der Waals surface area contributed by atoms with E-state index in [0.29, 0.717) is 43.6 Å². The van der Waals surface area contributed by atoms with Crippen LogP contribution in [0.25, 0.3) is 10.9 Å². The van der Waals surface area contributed by atoms with E-state index >= 15 is 0 Å². The Labute approximate surface area is 179 Å². The first kappa shape index (κ1) is 20.7. The second kappa shape index (κ2) is 8.65. The molecule has 3 aromatic rings. The van der Waals surface area contributed by atoms with Gasteiger partial charge in [-0.05, 0) is 30.3 Å². The van der Waals surface area contributed by atoms with Crippen LogP contribution in [0.4, 0.5) is 0 Å². The van der Waals surface area contributed by atoms with Crippen molar-refractivity contribution in [2.75, 3.05) is 26.3 Å². The van der Waals surface area contributed by atoms with E-state index in [4.69, 9.17) is 19.9 Å². The number of nitrogens with two attached hydrogens (primary N) is 1. The van der Waals surface area contributed by atoms with Crippen molar-refractivity contribution in [1.82, 2.24) is 14.7 Å². The molecular weight excluding hydrogens is 400 g/mol. The number of benzene rings is 2. The number of hydrogen-bond donors (Lipinski definition) is 1. The Morgan fingerprint density at radius 3 is 2.52 bits per heavy atom. The van der Waals surface area contributed by atoms with E-state index in [1.165, 1.54) is 0 Å². The van der Waals surface area contributed by atoms with Gasteiger partial charge in [0, 0.05) is 38.5 Å². The minimum absolute atomic E-state index is 0.0709. The van der Waals surface area contributed by atoms with Gasteiger partial charge in [-0.1, -0.05) is 0 Å². The molecule has 1 aliphatic heterocycles. The molecule has 0 unspecified atom stereocenters. The van der Waals surface area contributed by atoms with Gasteiger partial charge in [0.25, 0.3) is 5.91 Å². The molecule has 1 aliphatic rings. The van der Waals surface area contributed by atoms with E-state index in [9.17, 15) is 9.59 Å². The van der Waals surface area contributed by atoms with Crippen molar-refractivity contribution < 1.29 is 23.8 Å². The van der Waals surface area contributed by atoms with Crippen LogP contribution in [-0.4, -0.2) is 58.9 Å². The highest BCUT2D eigenvalue weighted by molar-refractivity contribution is 6.00. The Hall–Kier alpha value is -3.59. The molecule has 0 atom stereocenters. The number of primary amides is 1. The number of hydrogen-bond acceptors (Lipinski definition) is 6. The number of aryl methyl sites for hydroxylation is 1. The van der Waals surface area contributed by atoms with Gasteiger partial charge in [-0.25, -0.2) is 0 Å². The first-order chi connectivity index (χ1) is 14.9. The van der Waals surface area contributed by atoms with Gasteiger partial charge in [0.15, 0.2) is 0 Å². The number of likely N-dealkylation sites (tertiary alicyclic amines) is 1. The molecule has 31 heavy (non-hydrogen) atoms. The van der Waals surface area contributed by atoms with Crippen LogP contribution in [0, 0.1) is 0 Å². The van der Waals surface area contributed by atoms with Crippen molar-refractivity contribution in [3.8, 4) is 17.2 Å². The van der Waals surface area contributed by atoms with Gasteiger partial charge in [0.05, 0.1) is 30.0 Å². The Kier molecular flexibility index (Phi) is 5.77. The zero-order valence-corrected chi connectivity index (χ0v) is 17.4. The number of carbonyl (C=O) groups is 2. The summed E-state index contributed by atoms with van der Waals surface area (Å²) in [5, 5.41) is 5.00. The Morgan fingerprint density at radius 2 is 1.84 bits per heavy atom. The molecule has 9 nitrogen and oxygen atoms in total. The molecule has 2 amide bonds. The minimum atomic E-state index is -0.571. The van der Waals surface area contributed by atoms with Gasteiger partial charge >= 0.3 is 0 Å². The monoisotopic (exact) mass is 424 g/mol. The van der Waals surface area contributed by atoms with Crippen LogP contribution in [0.3, 0.4) is 0 Å². The lowest BCUT2D eigenvalue weighted by Crippen LogP contribution is -2.54. The number of fused-ring (bicyclic) bond motifs is 1. The fraction of sp³-hybridized carbons (Fsp3) is 0.318. The quantitative estimate of drug-likeness (QED) is 0.555. The number of rotatable bonds is 8. The van der Waals surface area contributed by atoms with Crippen molar-refractivity contribution in [1.29, 1.82) is 0 Å². The molecule has 2 heterocycles. The van der Waals surface area contributed by atoms with Crippen LogP contribution in [-0.2, 0) is 16.6 Å². The van der Waals surface area contributed by atoms with Gasteiger partial charge in [-0.15, -0.1) is 0 Å². The molecule has 1 aromatic heterocycles. The molecule has 0 saturated carbocycles. The van der Waals surface area contributed by atoms with Crippen LogP contribution in [0.15, 0.2) is 42.6 Å². The molecule has 2 aromatic carbocycles. The van der Waals surface area contributed by atoms with E-state index < -0.39 is 5.91 Å². The summed E-state index contributed by atoms with van der Waals surface area (Å²) < 4.78 is 19.0. The normalized spacial score (nSPS) is 13.8. The molecule has 162 valence electrons. The summed E-state index contributed by atoms with van der Waals surface area (Å²) in [6.07, 6.45) is 1.76. The van der Waals surface area contributed by atoms with E-state index in [1.807, 2.05) is 7.05 Å². The van der Waals surface area contributed by atoms with Crippen molar-refractivity contribution >= 4 is 22.7 Å². The van der Waals surface area contributed by atoms with Crippen LogP contribution >= 0.6 is 0 Å². The van der Waals surface area contributed by atoms with Crippen molar-refractivity contribution in [2.24, 2.45) is 12.8 Å². The maximum absolute atomic E-state index is 11.9. The molecule has 0 spiro atoms. The molecule has 1 saturated heterocycles. The lowest BCUT2D eigenvalue weighted by atomic mass is 10.1. The number of carbonyl (C=O) groups excluding carboxylic acids is 2. The maximum Gasteiger partial charge on any atom is 0.252 e. The highest BCUT2D eigenvalue weighted by Crippen LogP contribution is 2.30. The van der Waals surface area contributed by atoms with E-state index in [1.54, 1.807) is 59.1 Å². The maximum atomic E-state index is 11.9. The molecule has 0 radical (unpaired) electrons. The number of aromatic nitrogens is 2. The summed E-state index contributed by atoms with van der Waals surface area (Å²) in [5.41, 5.74) is 6.64. The predicted molar refractivity (Wildman–Crippen MR) is 113 cm³/mol. The van der Waals surface area contributed by atoms with Crippen LogP contribution < -0.4 is 15.2 Å². The average Bonchev–Trinajstić information content (AvgIpc) is 3.06. The standard InChI is InChI=1S/C22H24N4O5/c1-14(27)26-12-18(13-26)30-8-7-29-16-3-5-17(6-4-16)31-21-10-20-15(11-24-25(20)2)9-19(21)22(23)28/h3-6,9-11,18H,7-8,12-13H2,1-2H3,(H2,23,28). The first-order valence-corrected chi connectivity index (χ1v) is 9.94. The smallest absolute Gasteiger partial charge is 0.252 e. The van der Waals surface area contributed by atoms with Crippen molar-refractivity contribution in [2.45, 2.75) is 13.0 Å². The topological polar surface area (TPSA) is 109 Å². The van der Waals surface area contributed by atoms with E-state index in [2.05, 4.69) is 5.10 Å². The third kappa shape index (κ3) is 4.61. The third-order valence-electron chi connectivity index (χ3n) is 5.16. The third-order valence-corrected chi connectivity index (χ3v) is 5.16. The predicted octanol–water partition coefficient (Wildman–Crippen LogP) is 2.09. The Balaban J connectivity index is 1.32. The van der Waals surface area contributed by atoms with Crippen LogP contribution in [0.1, 0.15) is 17.3 Å². The van der Waals surface area contributed by atoms with Crippen molar-refractivity contribution in [3.63, 3.8) is 0 Å². The van der Waals surface area contributed by atoms with Crippen LogP contribution in [0.2, 0.25) is 0 Å². The summed E-state index contributed by atoms with van der Waals surface area (Å²) in [6, 6.07) is 10.5. The molecule has 2 N–H and O–H groups in total. The van der Waals surface area contributed by atoms with E-state index in [-0.39, 0.29) is 17.6 Å². The minimum Gasteiger partial charge on any atom is -0.491 e. The van der Waals surface area contributed by atoms with Gasteiger partial charge in [-0.2, -0.15) is 5.10 Å². The summed E-state index contributed by atoms with van der Waals surface area (Å²) in [7, 11) is 1.82. The zero-order chi connectivity index (χ0) is 22.0. The van der Waals surface area contributed by atoms with Gasteiger partial charge in [0.1, 0.15) is 23.9 Å². The molecule has 4 rings (SSSR count). The SMILES string of the molecule is CC(=O)N1CC(OCCOc2ccc(Oc3cc4c(cnn4C)cc3C(N)=O)cc2)C1. The summed E-state index contributed by atoms with van der Waals surface area (Å²) in [5.74, 6) is 1.09. The van der Waals surface area contributed by atoms with Gasteiger partial charge < -0.3 is 24.8 Å². The summed E-state index contributed by atoms with van der Waals surface area (Å²) in [4.78, 5) is 24.7. The number of nitrogens with zero attached hydrogens (tertiary/aromatic N) is 3. The lowest BCUT2D eigenvalue weighted by Gasteiger charge is -2.38. The first-order valence-electron chi connectivity index (χ1n) is 9.94. The van der Waals surface area contributed by atoms with Crippen molar-refractivity contribution in [3.05, 3.63) is 48.2 Å². The molecule has 9 heteroatoms. The second-order valence-corrected chi connectivity index (χ2v) is 7.38. The highest BCUT2D eigenvalue weighted by atomic mass is 16.5. The number of ether oxygens (including phenoxy) is 3. The van der Waals surface area contributed by atoms with E-state index in [0.717, 1.165) is 10.9 Å². The molecule has 0 bridgehead atoms. The summed E-state index contributed by atoms with van der Waals surface area (Å²) in [6.45, 7) is 3.68. The highest BCUT2D eigenvalue weighted by Gasteiger charge is 2.28. The summed E-state index contributed by atoms with van der Waals surface area (Å²) >= 11 is 0. The lowest BCUT2D eigenvalue weighted by molar-refractivity contribution is -0.142. The van der Waals surface area contributed by atoms with Gasteiger partial charge in [-0.3, -0.25) is 14.3 Å². The Morgan fingerprint density at radius 1 is 1.13 bits per heavy atom. The second-order valence-electron chi connectivity index (χ2n) is 7.38. The number of amides is 2. The van der Waals surface area contributed by atoms with Crippen LogP contribution in [0.5, 0.6) is 17.2 Å². The fourth-order valence-corrected chi connectivity index (χ4v) is 3.36. The average molecular weight is 424 g/mol. The molecule has 1 fully saturated rings.